The van der Waals surface area contributed by atoms with E-state index in [1.165, 1.54) is 5.56 Å². The molecular formula is C24H28ClN3O2. The number of rotatable bonds is 5. The first-order valence-electron chi connectivity index (χ1n) is 10.7. The second-order valence-corrected chi connectivity index (χ2v) is 8.66. The minimum Gasteiger partial charge on any atom is -0.341 e. The molecule has 158 valence electrons. The molecule has 0 aromatic heterocycles. The number of hydrogen-bond donors (Lipinski definition) is 1. The van der Waals surface area contributed by atoms with E-state index in [4.69, 9.17) is 11.6 Å². The lowest BCUT2D eigenvalue weighted by Gasteiger charge is -2.26. The third-order valence-corrected chi connectivity index (χ3v) is 6.33. The van der Waals surface area contributed by atoms with Gasteiger partial charge in [0.25, 0.3) is 0 Å². The maximum atomic E-state index is 12.8. The van der Waals surface area contributed by atoms with Gasteiger partial charge in [0.05, 0.1) is 0 Å². The molecule has 30 heavy (non-hydrogen) atoms. The van der Waals surface area contributed by atoms with Crippen LogP contribution in [0.4, 0.5) is 5.69 Å². The number of carbonyl (C=O) groups is 2. The smallest absolute Gasteiger partial charge is 0.227 e. The molecule has 2 aliphatic rings. The molecule has 4 rings (SSSR count). The van der Waals surface area contributed by atoms with Crippen LogP contribution in [-0.4, -0.2) is 47.8 Å². The third kappa shape index (κ3) is 5.21. The number of fused-ring (bicyclic) bond motifs is 1. The van der Waals surface area contributed by atoms with Crippen LogP contribution < -0.4 is 5.32 Å². The minimum atomic E-state index is -0.128. The van der Waals surface area contributed by atoms with Crippen LogP contribution >= 0.6 is 11.6 Å². The highest BCUT2D eigenvalue weighted by molar-refractivity contribution is 6.30. The molecule has 0 saturated carbocycles. The fourth-order valence-corrected chi connectivity index (χ4v) is 4.45. The molecule has 1 unspecified atom stereocenters. The Kier molecular flexibility index (Phi) is 6.70. The van der Waals surface area contributed by atoms with Crippen LogP contribution in [0.1, 0.15) is 30.4 Å². The highest BCUT2D eigenvalue weighted by Crippen LogP contribution is 2.27. The van der Waals surface area contributed by atoms with Crippen molar-refractivity contribution < 1.29 is 9.59 Å². The van der Waals surface area contributed by atoms with Gasteiger partial charge >= 0.3 is 0 Å². The van der Waals surface area contributed by atoms with Gasteiger partial charge in [-0.3, -0.25) is 14.5 Å². The minimum absolute atomic E-state index is 0.0338. The molecular weight excluding hydrogens is 398 g/mol. The molecule has 0 bridgehead atoms. The van der Waals surface area contributed by atoms with Crippen LogP contribution in [0.3, 0.4) is 0 Å². The molecule has 6 heteroatoms. The van der Waals surface area contributed by atoms with Crippen molar-refractivity contribution in [1.82, 2.24) is 9.80 Å². The Morgan fingerprint density at radius 3 is 2.67 bits per heavy atom. The molecule has 0 aliphatic carbocycles. The van der Waals surface area contributed by atoms with Gasteiger partial charge in [0.2, 0.25) is 11.8 Å². The van der Waals surface area contributed by atoms with Gasteiger partial charge in [-0.05, 0) is 48.6 Å². The largest absolute Gasteiger partial charge is 0.341 e. The van der Waals surface area contributed by atoms with E-state index in [1.54, 1.807) is 0 Å². The number of anilines is 1. The summed E-state index contributed by atoms with van der Waals surface area (Å²) >= 11 is 5.97. The summed E-state index contributed by atoms with van der Waals surface area (Å²) in [6, 6.07) is 15.9. The molecule has 2 heterocycles. The van der Waals surface area contributed by atoms with Crippen molar-refractivity contribution in [3.63, 3.8) is 0 Å². The molecule has 2 aromatic rings. The first kappa shape index (κ1) is 20.9. The topological polar surface area (TPSA) is 52.7 Å². The van der Waals surface area contributed by atoms with Crippen molar-refractivity contribution in [3.05, 3.63) is 64.7 Å². The van der Waals surface area contributed by atoms with E-state index in [0.717, 1.165) is 55.4 Å². The summed E-state index contributed by atoms with van der Waals surface area (Å²) < 4.78 is 0. The van der Waals surface area contributed by atoms with Gasteiger partial charge in [0.15, 0.2) is 0 Å². The number of amides is 2. The summed E-state index contributed by atoms with van der Waals surface area (Å²) in [5.74, 6) is 0.0683. The van der Waals surface area contributed by atoms with E-state index < -0.39 is 0 Å². The van der Waals surface area contributed by atoms with Crippen molar-refractivity contribution in [2.75, 3.05) is 31.5 Å². The van der Waals surface area contributed by atoms with E-state index in [1.807, 2.05) is 41.3 Å². The second-order valence-electron chi connectivity index (χ2n) is 8.22. The highest BCUT2D eigenvalue weighted by atomic mass is 35.5. The van der Waals surface area contributed by atoms with E-state index in [-0.39, 0.29) is 17.7 Å². The SMILES string of the molecule is O=C1Nc2ccccc2CC1CCC(=O)N1CCCN(Cc2ccc(Cl)cc2)CC1. The Morgan fingerprint density at radius 2 is 1.83 bits per heavy atom. The Hall–Kier alpha value is -2.37. The van der Waals surface area contributed by atoms with Gasteiger partial charge in [-0.1, -0.05) is 41.9 Å². The number of hydrogen-bond acceptors (Lipinski definition) is 3. The van der Waals surface area contributed by atoms with Crippen LogP contribution in [-0.2, 0) is 22.6 Å². The molecule has 0 radical (unpaired) electrons. The Balaban J connectivity index is 1.26. The summed E-state index contributed by atoms with van der Waals surface area (Å²) in [6.07, 6.45) is 2.71. The van der Waals surface area contributed by atoms with Gasteiger partial charge in [0, 0.05) is 55.8 Å². The Bertz CT molecular complexity index is 900. The zero-order valence-electron chi connectivity index (χ0n) is 17.1. The predicted octanol–water partition coefficient (Wildman–Crippen LogP) is 3.97. The van der Waals surface area contributed by atoms with Crippen LogP contribution in [0.25, 0.3) is 0 Å². The summed E-state index contributed by atoms with van der Waals surface area (Å²) in [6.45, 7) is 4.25. The molecule has 1 atom stereocenters. The molecule has 1 N–H and O–H groups in total. The summed E-state index contributed by atoms with van der Waals surface area (Å²) in [5.41, 5.74) is 3.29. The summed E-state index contributed by atoms with van der Waals surface area (Å²) in [5, 5.41) is 3.73. The van der Waals surface area contributed by atoms with E-state index >= 15 is 0 Å². The van der Waals surface area contributed by atoms with Crippen LogP contribution in [0.2, 0.25) is 5.02 Å². The number of nitrogens with zero attached hydrogens (tertiary/aromatic N) is 2. The number of benzene rings is 2. The molecule has 1 saturated heterocycles. The lowest BCUT2D eigenvalue weighted by Crippen LogP contribution is -2.36. The summed E-state index contributed by atoms with van der Waals surface area (Å²) in [7, 11) is 0. The standard InChI is InChI=1S/C24H28ClN3O2/c25-21-9-6-18(7-10-21)17-27-12-3-13-28(15-14-27)23(29)11-8-20-16-19-4-1-2-5-22(19)26-24(20)30/h1-2,4-7,9-10,20H,3,8,11-17H2,(H,26,30). The van der Waals surface area contributed by atoms with Crippen LogP contribution in [0, 0.1) is 5.92 Å². The molecule has 2 aliphatic heterocycles. The molecule has 5 nitrogen and oxygen atoms in total. The normalized spacial score (nSPS) is 19.7. The monoisotopic (exact) mass is 425 g/mol. The van der Waals surface area contributed by atoms with Crippen molar-refractivity contribution in [1.29, 1.82) is 0 Å². The summed E-state index contributed by atoms with van der Waals surface area (Å²) in [4.78, 5) is 29.6. The van der Waals surface area contributed by atoms with Crippen LogP contribution in [0.15, 0.2) is 48.5 Å². The first-order valence-corrected chi connectivity index (χ1v) is 11.1. The fraction of sp³-hybridized carbons (Fsp3) is 0.417. The van der Waals surface area contributed by atoms with Gasteiger partial charge in [-0.25, -0.2) is 0 Å². The van der Waals surface area contributed by atoms with E-state index in [9.17, 15) is 9.59 Å². The number of nitrogens with one attached hydrogen (secondary N) is 1. The number of carbonyl (C=O) groups excluding carboxylic acids is 2. The third-order valence-electron chi connectivity index (χ3n) is 6.08. The first-order chi connectivity index (χ1) is 14.6. The zero-order chi connectivity index (χ0) is 20.9. The maximum Gasteiger partial charge on any atom is 0.227 e. The van der Waals surface area contributed by atoms with Gasteiger partial charge in [-0.15, -0.1) is 0 Å². The van der Waals surface area contributed by atoms with Crippen LogP contribution in [0.5, 0.6) is 0 Å². The maximum absolute atomic E-state index is 12.8. The van der Waals surface area contributed by atoms with Crippen molar-refractivity contribution in [2.45, 2.75) is 32.2 Å². The van der Waals surface area contributed by atoms with Gasteiger partial charge < -0.3 is 10.2 Å². The zero-order valence-corrected chi connectivity index (χ0v) is 17.9. The average molecular weight is 426 g/mol. The van der Waals surface area contributed by atoms with Crippen molar-refractivity contribution in [3.8, 4) is 0 Å². The lowest BCUT2D eigenvalue weighted by molar-refractivity contribution is -0.131. The van der Waals surface area contributed by atoms with Crippen molar-refractivity contribution in [2.24, 2.45) is 5.92 Å². The van der Waals surface area contributed by atoms with E-state index in [0.29, 0.717) is 19.3 Å². The Labute approximate surface area is 183 Å². The van der Waals surface area contributed by atoms with Gasteiger partial charge in [-0.2, -0.15) is 0 Å². The van der Waals surface area contributed by atoms with Gasteiger partial charge in [0.1, 0.15) is 0 Å². The van der Waals surface area contributed by atoms with Crippen molar-refractivity contribution >= 4 is 29.1 Å². The quantitative estimate of drug-likeness (QED) is 0.788. The average Bonchev–Trinajstić information content (AvgIpc) is 2.99. The molecule has 2 aromatic carbocycles. The fourth-order valence-electron chi connectivity index (χ4n) is 4.33. The molecule has 1 fully saturated rings. The number of halogens is 1. The Morgan fingerprint density at radius 1 is 1.03 bits per heavy atom. The van der Waals surface area contributed by atoms with E-state index in [2.05, 4.69) is 22.3 Å². The predicted molar refractivity (Wildman–Crippen MR) is 119 cm³/mol. The molecule has 2 amide bonds. The highest BCUT2D eigenvalue weighted by Gasteiger charge is 2.27. The second kappa shape index (κ2) is 9.63. The molecule has 0 spiro atoms. The number of para-hydroxylation sites is 1. The lowest BCUT2D eigenvalue weighted by atomic mass is 9.89.